The van der Waals surface area contributed by atoms with Gasteiger partial charge in [-0.3, -0.25) is 4.98 Å². The molecule has 1 saturated carbocycles. The van der Waals surface area contributed by atoms with Gasteiger partial charge in [-0.1, -0.05) is 25.4 Å². The molecule has 0 atom stereocenters. The fourth-order valence-corrected chi connectivity index (χ4v) is 2.15. The van der Waals surface area contributed by atoms with Crippen LogP contribution < -0.4 is 5.32 Å². The second-order valence-corrected chi connectivity index (χ2v) is 5.59. The summed E-state index contributed by atoms with van der Waals surface area (Å²) in [6.45, 7) is 5.48. The quantitative estimate of drug-likeness (QED) is 0.853. The molecule has 0 spiro atoms. The molecule has 0 unspecified atom stereocenters. The summed E-state index contributed by atoms with van der Waals surface area (Å²) in [5.41, 5.74) is 1.69. The van der Waals surface area contributed by atoms with Gasteiger partial charge in [0.05, 0.1) is 5.02 Å². The van der Waals surface area contributed by atoms with E-state index in [4.69, 9.17) is 11.6 Å². The highest BCUT2D eigenvalue weighted by atomic mass is 35.5. The lowest BCUT2D eigenvalue weighted by atomic mass is 9.97. The van der Waals surface area contributed by atoms with E-state index in [2.05, 4.69) is 24.1 Å². The van der Waals surface area contributed by atoms with Crippen LogP contribution in [-0.2, 0) is 6.42 Å². The molecule has 1 aromatic heterocycles. The van der Waals surface area contributed by atoms with Crippen molar-refractivity contribution in [3.05, 3.63) is 29.0 Å². The molecule has 1 N–H and O–H groups in total. The average Bonchev–Trinajstić information content (AvgIpc) is 3.00. The van der Waals surface area contributed by atoms with Gasteiger partial charge in [0.25, 0.3) is 0 Å². The Bertz CT molecular complexity index is 359. The largest absolute Gasteiger partial charge is 0.314 e. The maximum Gasteiger partial charge on any atom is 0.0621 e. The molecule has 1 aromatic rings. The highest BCUT2D eigenvalue weighted by Gasteiger charge is 2.42. The Kier molecular flexibility index (Phi) is 3.50. The molecule has 3 heteroatoms. The molecule has 1 aliphatic rings. The highest BCUT2D eigenvalue weighted by molar-refractivity contribution is 6.31. The summed E-state index contributed by atoms with van der Waals surface area (Å²) in [6.07, 6.45) is 7.26. The number of hydrogen-bond donors (Lipinski definition) is 1. The second-order valence-electron chi connectivity index (χ2n) is 5.18. The van der Waals surface area contributed by atoms with Gasteiger partial charge >= 0.3 is 0 Å². The molecule has 1 aliphatic carbocycles. The summed E-state index contributed by atoms with van der Waals surface area (Å²) in [5.74, 6) is 0. The van der Waals surface area contributed by atoms with Crippen LogP contribution in [-0.4, -0.2) is 17.6 Å². The van der Waals surface area contributed by atoms with E-state index in [-0.39, 0.29) is 0 Å². The molecule has 0 aliphatic heterocycles. The summed E-state index contributed by atoms with van der Waals surface area (Å²) in [6, 6.07) is 2.60. The third kappa shape index (κ3) is 2.96. The van der Waals surface area contributed by atoms with E-state index in [9.17, 15) is 0 Å². The number of hydrogen-bond acceptors (Lipinski definition) is 2. The molecule has 0 saturated heterocycles. The Balaban J connectivity index is 1.96. The number of nitrogens with one attached hydrogen (secondary N) is 1. The number of halogens is 1. The van der Waals surface area contributed by atoms with Crippen LogP contribution in [0.1, 0.15) is 32.3 Å². The van der Waals surface area contributed by atoms with Crippen molar-refractivity contribution in [1.29, 1.82) is 0 Å². The lowest BCUT2D eigenvalue weighted by molar-refractivity contribution is 0.429. The van der Waals surface area contributed by atoms with Crippen LogP contribution in [0.25, 0.3) is 0 Å². The maximum absolute atomic E-state index is 6.14. The summed E-state index contributed by atoms with van der Waals surface area (Å²) < 4.78 is 0. The maximum atomic E-state index is 6.14. The zero-order valence-corrected chi connectivity index (χ0v) is 10.7. The summed E-state index contributed by atoms with van der Waals surface area (Å²) >= 11 is 6.14. The van der Waals surface area contributed by atoms with Gasteiger partial charge in [-0.25, -0.2) is 0 Å². The van der Waals surface area contributed by atoms with Crippen LogP contribution in [0, 0.1) is 5.41 Å². The fraction of sp³-hybridized carbons (Fsp3) is 0.615. The van der Waals surface area contributed by atoms with Crippen molar-refractivity contribution in [2.45, 2.75) is 39.2 Å². The van der Waals surface area contributed by atoms with Crippen LogP contribution in [0.3, 0.4) is 0 Å². The fourth-order valence-electron chi connectivity index (χ4n) is 1.96. The van der Waals surface area contributed by atoms with E-state index in [1.807, 2.05) is 12.3 Å². The minimum absolute atomic E-state index is 0.454. The molecule has 1 heterocycles. The minimum atomic E-state index is 0.454. The highest BCUT2D eigenvalue weighted by Crippen LogP contribution is 2.48. The second kappa shape index (κ2) is 4.72. The Hall–Kier alpha value is -0.600. The van der Waals surface area contributed by atoms with Gasteiger partial charge in [0.2, 0.25) is 0 Å². The van der Waals surface area contributed by atoms with Gasteiger partial charge in [-0.15, -0.1) is 0 Å². The first-order valence-corrected chi connectivity index (χ1v) is 6.31. The van der Waals surface area contributed by atoms with Crippen LogP contribution >= 0.6 is 11.6 Å². The molecule has 0 radical (unpaired) electrons. The summed E-state index contributed by atoms with van der Waals surface area (Å²) in [7, 11) is 0. The standard InChI is InChI=1S/C13H19ClN2/c1-10(2)16-9-13(4-5-13)7-11-3-6-15-8-12(11)14/h3,6,8,10,16H,4-5,7,9H2,1-2H3. The van der Waals surface area contributed by atoms with E-state index < -0.39 is 0 Å². The van der Waals surface area contributed by atoms with Crippen molar-refractivity contribution in [1.82, 2.24) is 10.3 Å². The number of pyridine rings is 1. The van der Waals surface area contributed by atoms with E-state index in [0.717, 1.165) is 18.0 Å². The monoisotopic (exact) mass is 238 g/mol. The molecule has 2 rings (SSSR count). The molecule has 0 bridgehead atoms. The molecular formula is C13H19ClN2. The predicted octanol–water partition coefficient (Wildman–Crippen LogP) is 3.06. The molecule has 0 aromatic carbocycles. The van der Waals surface area contributed by atoms with Crippen LogP contribution in [0.5, 0.6) is 0 Å². The smallest absolute Gasteiger partial charge is 0.0621 e. The summed E-state index contributed by atoms with van der Waals surface area (Å²) in [5, 5.41) is 4.33. The van der Waals surface area contributed by atoms with Crippen molar-refractivity contribution in [3.8, 4) is 0 Å². The molecule has 1 fully saturated rings. The Morgan fingerprint density at radius 1 is 1.50 bits per heavy atom. The van der Waals surface area contributed by atoms with Crippen molar-refractivity contribution in [2.24, 2.45) is 5.41 Å². The minimum Gasteiger partial charge on any atom is -0.314 e. The lowest BCUT2D eigenvalue weighted by Crippen LogP contribution is -2.31. The van der Waals surface area contributed by atoms with Crippen molar-refractivity contribution < 1.29 is 0 Å². The molecular weight excluding hydrogens is 220 g/mol. The average molecular weight is 239 g/mol. The number of nitrogens with zero attached hydrogens (tertiary/aromatic N) is 1. The number of aromatic nitrogens is 1. The first-order valence-electron chi connectivity index (χ1n) is 5.93. The van der Waals surface area contributed by atoms with Crippen molar-refractivity contribution in [3.63, 3.8) is 0 Å². The third-order valence-electron chi connectivity index (χ3n) is 3.26. The van der Waals surface area contributed by atoms with Crippen LogP contribution in [0.15, 0.2) is 18.5 Å². The van der Waals surface area contributed by atoms with Gasteiger partial charge in [0.15, 0.2) is 0 Å². The zero-order valence-electron chi connectivity index (χ0n) is 9.96. The number of rotatable bonds is 5. The van der Waals surface area contributed by atoms with Crippen LogP contribution in [0.4, 0.5) is 0 Å². The first-order chi connectivity index (χ1) is 7.61. The Morgan fingerprint density at radius 2 is 2.25 bits per heavy atom. The third-order valence-corrected chi connectivity index (χ3v) is 3.60. The van der Waals surface area contributed by atoms with E-state index in [1.165, 1.54) is 18.4 Å². The van der Waals surface area contributed by atoms with Gasteiger partial charge in [0.1, 0.15) is 0 Å². The molecule has 2 nitrogen and oxygen atoms in total. The molecule has 88 valence electrons. The van der Waals surface area contributed by atoms with Gasteiger partial charge in [0, 0.05) is 25.0 Å². The van der Waals surface area contributed by atoms with Crippen LogP contribution in [0.2, 0.25) is 5.02 Å². The van der Waals surface area contributed by atoms with Crippen molar-refractivity contribution >= 4 is 11.6 Å². The molecule has 0 amide bonds. The summed E-state index contributed by atoms with van der Waals surface area (Å²) in [4.78, 5) is 4.02. The van der Waals surface area contributed by atoms with E-state index >= 15 is 0 Å². The van der Waals surface area contributed by atoms with Gasteiger partial charge in [-0.05, 0) is 36.3 Å². The first kappa shape index (κ1) is 11.9. The Morgan fingerprint density at radius 3 is 2.81 bits per heavy atom. The SMILES string of the molecule is CC(C)NCC1(Cc2ccncc2Cl)CC1. The Labute approximate surface area is 102 Å². The molecule has 16 heavy (non-hydrogen) atoms. The lowest BCUT2D eigenvalue weighted by Gasteiger charge is -2.18. The van der Waals surface area contributed by atoms with Gasteiger partial charge < -0.3 is 5.32 Å². The van der Waals surface area contributed by atoms with E-state index in [1.54, 1.807) is 6.20 Å². The van der Waals surface area contributed by atoms with Gasteiger partial charge in [-0.2, -0.15) is 0 Å². The van der Waals surface area contributed by atoms with E-state index in [0.29, 0.717) is 11.5 Å². The van der Waals surface area contributed by atoms with Crippen molar-refractivity contribution in [2.75, 3.05) is 6.54 Å². The zero-order chi connectivity index (χ0) is 11.6. The topological polar surface area (TPSA) is 24.9 Å². The predicted molar refractivity (Wildman–Crippen MR) is 67.8 cm³/mol. The normalized spacial score (nSPS) is 17.8.